The lowest BCUT2D eigenvalue weighted by Crippen LogP contribution is -2.62. The van der Waals surface area contributed by atoms with Crippen LogP contribution in [0.25, 0.3) is 0 Å². The van der Waals surface area contributed by atoms with Gasteiger partial charge in [-0.1, -0.05) is 30.3 Å². The molecule has 0 radical (unpaired) electrons. The fourth-order valence-corrected chi connectivity index (χ4v) is 7.13. The van der Waals surface area contributed by atoms with Gasteiger partial charge in [-0.2, -0.15) is 0 Å². The van der Waals surface area contributed by atoms with Gasteiger partial charge in [0.1, 0.15) is 0 Å². The zero-order valence-electron chi connectivity index (χ0n) is 16.0. The van der Waals surface area contributed by atoms with Crippen LogP contribution in [0.3, 0.4) is 0 Å². The van der Waals surface area contributed by atoms with Gasteiger partial charge in [0.25, 0.3) is 0 Å². The van der Waals surface area contributed by atoms with E-state index < -0.39 is 0 Å². The van der Waals surface area contributed by atoms with Crippen LogP contribution in [0.5, 0.6) is 0 Å². The molecule has 1 aliphatic heterocycles. The van der Waals surface area contributed by atoms with Gasteiger partial charge in [0, 0.05) is 44.9 Å². The van der Waals surface area contributed by atoms with E-state index in [1.54, 1.807) is 0 Å². The molecule has 4 aliphatic carbocycles. The highest BCUT2D eigenvalue weighted by Crippen LogP contribution is 2.55. The quantitative estimate of drug-likeness (QED) is 0.878. The first kappa shape index (κ1) is 17.2. The van der Waals surface area contributed by atoms with E-state index in [-0.39, 0.29) is 0 Å². The van der Waals surface area contributed by atoms with Gasteiger partial charge in [-0.15, -0.1) is 0 Å². The van der Waals surface area contributed by atoms with Crippen molar-refractivity contribution < 1.29 is 5.11 Å². The molecule has 1 N–H and O–H groups in total. The second-order valence-electron chi connectivity index (χ2n) is 9.54. The molecule has 1 aromatic carbocycles. The maximum Gasteiger partial charge on any atom is 0.0446 e. The SMILES string of the molecule is OCC[C@@H]1CN(C2C3CC4CC(C3)CC2C4)CCN1Cc1ccccc1. The van der Waals surface area contributed by atoms with Gasteiger partial charge in [-0.25, -0.2) is 0 Å². The molecule has 4 bridgehead atoms. The smallest absolute Gasteiger partial charge is 0.0446 e. The van der Waals surface area contributed by atoms with E-state index in [0.717, 1.165) is 49.2 Å². The highest BCUT2D eigenvalue weighted by molar-refractivity contribution is 5.15. The van der Waals surface area contributed by atoms with Gasteiger partial charge in [0.2, 0.25) is 0 Å². The number of aliphatic hydroxyl groups excluding tert-OH is 1. The van der Waals surface area contributed by atoms with E-state index in [9.17, 15) is 5.11 Å². The summed E-state index contributed by atoms with van der Waals surface area (Å²) in [5.41, 5.74) is 1.40. The Hall–Kier alpha value is -0.900. The molecule has 0 spiro atoms. The van der Waals surface area contributed by atoms with E-state index in [2.05, 4.69) is 40.1 Å². The monoisotopic (exact) mass is 354 g/mol. The maximum atomic E-state index is 9.66. The predicted octanol–water partition coefficient (Wildman–Crippen LogP) is 3.38. The number of benzene rings is 1. The standard InChI is InChI=1S/C23H34N2O/c26-9-6-22-16-25(8-7-24(22)15-17-4-2-1-3-5-17)23-20-11-18-10-19(13-20)14-21(23)12-18/h1-5,18-23,26H,6-16H2/t18?,19?,20?,21?,22-,23?/m1/s1. The summed E-state index contributed by atoms with van der Waals surface area (Å²) in [6.07, 6.45) is 8.48. The van der Waals surface area contributed by atoms with Crippen LogP contribution < -0.4 is 0 Å². The Morgan fingerprint density at radius 2 is 1.58 bits per heavy atom. The van der Waals surface area contributed by atoms with Crippen molar-refractivity contribution in [3.63, 3.8) is 0 Å². The second-order valence-corrected chi connectivity index (χ2v) is 9.54. The summed E-state index contributed by atoms with van der Waals surface area (Å²) in [5.74, 6) is 4.06. The largest absolute Gasteiger partial charge is 0.396 e. The van der Waals surface area contributed by atoms with Crippen molar-refractivity contribution in [2.75, 3.05) is 26.2 Å². The van der Waals surface area contributed by atoms with Crippen molar-refractivity contribution in [2.45, 2.75) is 57.2 Å². The van der Waals surface area contributed by atoms with Crippen molar-refractivity contribution in [3.05, 3.63) is 35.9 Å². The Kier molecular flexibility index (Phi) is 4.80. The molecular weight excluding hydrogens is 320 g/mol. The first-order valence-corrected chi connectivity index (χ1v) is 10.9. The summed E-state index contributed by atoms with van der Waals surface area (Å²) in [4.78, 5) is 5.48. The zero-order valence-corrected chi connectivity index (χ0v) is 16.0. The van der Waals surface area contributed by atoms with Crippen LogP contribution in [0.4, 0.5) is 0 Å². The van der Waals surface area contributed by atoms with E-state index in [4.69, 9.17) is 0 Å². The molecule has 26 heavy (non-hydrogen) atoms. The van der Waals surface area contributed by atoms with Gasteiger partial charge < -0.3 is 5.11 Å². The molecule has 0 amide bonds. The highest BCUT2D eigenvalue weighted by atomic mass is 16.3. The third-order valence-corrected chi connectivity index (χ3v) is 7.93. The van der Waals surface area contributed by atoms with Crippen LogP contribution in [0.1, 0.15) is 44.1 Å². The lowest BCUT2D eigenvalue weighted by Gasteiger charge is -2.59. The number of hydrogen-bond donors (Lipinski definition) is 1. The molecule has 6 rings (SSSR count). The maximum absolute atomic E-state index is 9.66. The topological polar surface area (TPSA) is 26.7 Å². The molecule has 1 aromatic rings. The molecule has 0 unspecified atom stereocenters. The van der Waals surface area contributed by atoms with Crippen molar-refractivity contribution in [2.24, 2.45) is 23.7 Å². The Morgan fingerprint density at radius 3 is 2.23 bits per heavy atom. The van der Waals surface area contributed by atoms with Crippen molar-refractivity contribution >= 4 is 0 Å². The van der Waals surface area contributed by atoms with Gasteiger partial charge in [-0.05, 0) is 67.8 Å². The predicted molar refractivity (Wildman–Crippen MR) is 105 cm³/mol. The number of nitrogens with zero attached hydrogens (tertiary/aromatic N) is 2. The number of piperazine rings is 1. The number of aliphatic hydroxyl groups is 1. The van der Waals surface area contributed by atoms with Crippen LogP contribution in [-0.4, -0.2) is 53.2 Å². The summed E-state index contributed by atoms with van der Waals surface area (Å²) in [5, 5.41) is 9.66. The number of hydrogen-bond acceptors (Lipinski definition) is 3. The highest BCUT2D eigenvalue weighted by Gasteiger charge is 2.50. The van der Waals surface area contributed by atoms with Crippen LogP contribution >= 0.6 is 0 Å². The molecule has 0 aromatic heterocycles. The Balaban J connectivity index is 1.28. The van der Waals surface area contributed by atoms with Gasteiger partial charge in [0.15, 0.2) is 0 Å². The molecular formula is C23H34N2O. The number of rotatable bonds is 5. The van der Waals surface area contributed by atoms with Gasteiger partial charge in [0.05, 0.1) is 0 Å². The summed E-state index contributed by atoms with van der Waals surface area (Å²) in [7, 11) is 0. The zero-order chi connectivity index (χ0) is 17.5. The molecule has 4 saturated carbocycles. The van der Waals surface area contributed by atoms with Crippen LogP contribution in [0.15, 0.2) is 30.3 Å². The van der Waals surface area contributed by atoms with Crippen LogP contribution in [0.2, 0.25) is 0 Å². The minimum absolute atomic E-state index is 0.311. The minimum Gasteiger partial charge on any atom is -0.396 e. The van der Waals surface area contributed by atoms with Crippen molar-refractivity contribution in [3.8, 4) is 0 Å². The second kappa shape index (κ2) is 7.26. The Morgan fingerprint density at radius 1 is 0.885 bits per heavy atom. The van der Waals surface area contributed by atoms with Gasteiger partial charge >= 0.3 is 0 Å². The normalized spacial score (nSPS) is 40.2. The van der Waals surface area contributed by atoms with E-state index >= 15 is 0 Å². The average molecular weight is 355 g/mol. The third kappa shape index (κ3) is 3.23. The van der Waals surface area contributed by atoms with Crippen molar-refractivity contribution in [1.82, 2.24) is 9.80 Å². The Labute approximate surface area is 158 Å². The molecule has 1 atom stereocenters. The minimum atomic E-state index is 0.311. The average Bonchev–Trinajstić information content (AvgIpc) is 2.64. The molecule has 1 saturated heterocycles. The van der Waals surface area contributed by atoms with Crippen LogP contribution in [-0.2, 0) is 6.54 Å². The molecule has 3 nitrogen and oxygen atoms in total. The van der Waals surface area contributed by atoms with Gasteiger partial charge in [-0.3, -0.25) is 9.80 Å². The van der Waals surface area contributed by atoms with E-state index in [1.165, 1.54) is 50.8 Å². The third-order valence-electron chi connectivity index (χ3n) is 7.93. The van der Waals surface area contributed by atoms with Crippen LogP contribution in [0, 0.1) is 23.7 Å². The summed E-state index contributed by atoms with van der Waals surface area (Å²) < 4.78 is 0. The summed E-state index contributed by atoms with van der Waals surface area (Å²) in [6, 6.07) is 12.2. The molecule has 5 aliphatic rings. The Bertz CT molecular complexity index is 575. The van der Waals surface area contributed by atoms with E-state index in [1.807, 2.05) is 0 Å². The van der Waals surface area contributed by atoms with E-state index in [0.29, 0.717) is 12.6 Å². The molecule has 1 heterocycles. The molecule has 142 valence electrons. The first-order chi connectivity index (χ1) is 12.8. The van der Waals surface area contributed by atoms with Crippen molar-refractivity contribution in [1.29, 1.82) is 0 Å². The molecule has 5 fully saturated rings. The lowest BCUT2D eigenvalue weighted by atomic mass is 9.53. The fourth-order valence-electron chi connectivity index (χ4n) is 7.13. The summed E-state index contributed by atoms with van der Waals surface area (Å²) in [6.45, 7) is 4.89. The summed E-state index contributed by atoms with van der Waals surface area (Å²) >= 11 is 0. The molecule has 3 heteroatoms. The first-order valence-electron chi connectivity index (χ1n) is 10.9. The fraction of sp³-hybridized carbons (Fsp3) is 0.739. The lowest BCUT2D eigenvalue weighted by molar-refractivity contribution is -0.0876.